The first-order chi connectivity index (χ1) is 9.57. The second kappa shape index (κ2) is 7.43. The minimum absolute atomic E-state index is 0.215. The Morgan fingerprint density at radius 2 is 2.00 bits per heavy atom. The molecule has 1 N–H and O–H groups in total. The summed E-state index contributed by atoms with van der Waals surface area (Å²) < 4.78 is 35.0. The molecular formula is C14H21F2NO2S. The van der Waals surface area contributed by atoms with Gasteiger partial charge in [-0.1, -0.05) is 18.7 Å². The zero-order chi connectivity index (χ0) is 14.4. The molecule has 0 aromatic carbocycles. The minimum Gasteiger partial charge on any atom is -0.464 e. The van der Waals surface area contributed by atoms with Gasteiger partial charge in [0.2, 0.25) is 0 Å². The van der Waals surface area contributed by atoms with Crippen LogP contribution in [-0.4, -0.2) is 25.5 Å². The maximum atomic E-state index is 12.1. The number of rotatable bonds is 7. The molecule has 1 aromatic rings. The summed E-state index contributed by atoms with van der Waals surface area (Å²) in [4.78, 5) is 0. The highest BCUT2D eigenvalue weighted by molar-refractivity contribution is 7.98. The SMILES string of the molecule is CC1(CNCc2ccc(CSC(F)F)o2)CCOCC1. The van der Waals surface area contributed by atoms with Crippen LogP contribution in [-0.2, 0) is 17.0 Å². The number of thioether (sulfide) groups is 1. The Hall–Kier alpha value is -0.590. The quantitative estimate of drug-likeness (QED) is 0.834. The van der Waals surface area contributed by atoms with Crippen molar-refractivity contribution in [3.8, 4) is 0 Å². The summed E-state index contributed by atoms with van der Waals surface area (Å²) in [6.07, 6.45) is 2.13. The largest absolute Gasteiger partial charge is 0.464 e. The fourth-order valence-corrected chi connectivity index (χ4v) is 2.71. The third-order valence-corrected chi connectivity index (χ3v) is 4.32. The Bertz CT molecular complexity index is 406. The Labute approximate surface area is 122 Å². The van der Waals surface area contributed by atoms with Crippen molar-refractivity contribution in [3.05, 3.63) is 23.7 Å². The zero-order valence-electron chi connectivity index (χ0n) is 11.7. The van der Waals surface area contributed by atoms with Crippen molar-refractivity contribution in [1.29, 1.82) is 0 Å². The molecule has 6 heteroatoms. The summed E-state index contributed by atoms with van der Waals surface area (Å²) in [5, 5.41) is 3.39. The van der Waals surface area contributed by atoms with Gasteiger partial charge in [-0.3, -0.25) is 0 Å². The highest BCUT2D eigenvalue weighted by Gasteiger charge is 2.26. The number of halogens is 2. The molecule has 0 bridgehead atoms. The fraction of sp³-hybridized carbons (Fsp3) is 0.714. The van der Waals surface area contributed by atoms with Crippen LogP contribution in [0.2, 0.25) is 0 Å². The predicted octanol–water partition coefficient (Wildman–Crippen LogP) is 3.64. The lowest BCUT2D eigenvalue weighted by molar-refractivity contribution is 0.0238. The Morgan fingerprint density at radius 1 is 1.30 bits per heavy atom. The zero-order valence-corrected chi connectivity index (χ0v) is 12.5. The second-order valence-corrected chi connectivity index (χ2v) is 6.44. The molecule has 2 rings (SSSR count). The van der Waals surface area contributed by atoms with Crippen LogP contribution in [0.3, 0.4) is 0 Å². The van der Waals surface area contributed by atoms with E-state index in [0.29, 0.717) is 24.1 Å². The lowest BCUT2D eigenvalue weighted by atomic mass is 9.82. The molecule has 1 saturated heterocycles. The van der Waals surface area contributed by atoms with Gasteiger partial charge in [-0.15, -0.1) is 0 Å². The highest BCUT2D eigenvalue weighted by atomic mass is 32.2. The summed E-state index contributed by atoms with van der Waals surface area (Å²) in [5.41, 5.74) is 0.277. The Morgan fingerprint density at radius 3 is 2.70 bits per heavy atom. The topological polar surface area (TPSA) is 34.4 Å². The molecule has 0 amide bonds. The monoisotopic (exact) mass is 305 g/mol. The van der Waals surface area contributed by atoms with Crippen LogP contribution in [0.5, 0.6) is 0 Å². The molecule has 0 atom stereocenters. The van der Waals surface area contributed by atoms with Crippen molar-refractivity contribution in [1.82, 2.24) is 5.32 Å². The second-order valence-electron chi connectivity index (χ2n) is 5.47. The Kier molecular flexibility index (Phi) is 5.86. The first kappa shape index (κ1) is 15.8. The molecule has 0 radical (unpaired) electrons. The van der Waals surface area contributed by atoms with Gasteiger partial charge in [0.25, 0.3) is 5.76 Å². The molecule has 0 unspecified atom stereocenters. The average molecular weight is 305 g/mol. The molecule has 1 aromatic heterocycles. The minimum atomic E-state index is -2.35. The van der Waals surface area contributed by atoms with Crippen LogP contribution in [0.25, 0.3) is 0 Å². The van der Waals surface area contributed by atoms with Crippen LogP contribution in [0.1, 0.15) is 31.3 Å². The van der Waals surface area contributed by atoms with Gasteiger partial charge in [0.1, 0.15) is 11.5 Å². The summed E-state index contributed by atoms with van der Waals surface area (Å²) in [6.45, 7) is 5.46. The first-order valence-corrected chi connectivity index (χ1v) is 7.88. The molecule has 0 aliphatic carbocycles. The number of hydrogen-bond acceptors (Lipinski definition) is 4. The number of hydrogen-bond donors (Lipinski definition) is 1. The standard InChI is InChI=1S/C14H21F2NO2S/c1-14(4-6-18-7-5-14)10-17-8-11-2-3-12(19-11)9-20-13(15)16/h2-3,13,17H,4-10H2,1H3. The molecule has 1 aliphatic rings. The van der Waals surface area contributed by atoms with Crippen LogP contribution in [0, 0.1) is 5.41 Å². The molecule has 114 valence electrons. The molecule has 0 saturated carbocycles. The van der Waals surface area contributed by atoms with Crippen molar-refractivity contribution in [2.75, 3.05) is 19.8 Å². The van der Waals surface area contributed by atoms with Gasteiger partial charge < -0.3 is 14.5 Å². The lowest BCUT2D eigenvalue weighted by Gasteiger charge is -2.33. The first-order valence-electron chi connectivity index (χ1n) is 6.83. The van der Waals surface area contributed by atoms with Gasteiger partial charge in [0.05, 0.1) is 12.3 Å². The van der Waals surface area contributed by atoms with Gasteiger partial charge in [-0.2, -0.15) is 8.78 Å². The van der Waals surface area contributed by atoms with E-state index in [-0.39, 0.29) is 11.2 Å². The van der Waals surface area contributed by atoms with Gasteiger partial charge in [0, 0.05) is 19.8 Å². The summed E-state index contributed by atoms with van der Waals surface area (Å²) in [6, 6.07) is 3.61. The lowest BCUT2D eigenvalue weighted by Crippen LogP contribution is -2.36. The van der Waals surface area contributed by atoms with Gasteiger partial charge in [0.15, 0.2) is 0 Å². The number of nitrogens with one attached hydrogen (secondary N) is 1. The van der Waals surface area contributed by atoms with E-state index in [1.807, 2.05) is 6.07 Å². The van der Waals surface area contributed by atoms with Crippen LogP contribution in [0.4, 0.5) is 8.78 Å². The maximum absolute atomic E-state index is 12.1. The smallest absolute Gasteiger partial charge is 0.284 e. The predicted molar refractivity (Wildman–Crippen MR) is 75.9 cm³/mol. The normalized spacial score (nSPS) is 18.6. The average Bonchev–Trinajstić information content (AvgIpc) is 2.85. The van der Waals surface area contributed by atoms with E-state index in [4.69, 9.17) is 9.15 Å². The third kappa shape index (κ3) is 5.07. The molecule has 3 nitrogen and oxygen atoms in total. The summed E-state index contributed by atoms with van der Waals surface area (Å²) in [7, 11) is 0. The fourth-order valence-electron chi connectivity index (χ4n) is 2.27. The van der Waals surface area contributed by atoms with Gasteiger partial charge in [-0.25, -0.2) is 0 Å². The van der Waals surface area contributed by atoms with Crippen LogP contribution in [0.15, 0.2) is 16.5 Å². The van der Waals surface area contributed by atoms with Crippen molar-refractivity contribution in [2.24, 2.45) is 5.41 Å². The highest BCUT2D eigenvalue weighted by Crippen LogP contribution is 2.28. The maximum Gasteiger partial charge on any atom is 0.284 e. The van der Waals surface area contributed by atoms with Gasteiger partial charge in [-0.05, 0) is 30.4 Å². The van der Waals surface area contributed by atoms with E-state index in [9.17, 15) is 8.78 Å². The number of ether oxygens (including phenoxy) is 1. The molecule has 2 heterocycles. The number of furan rings is 1. The van der Waals surface area contributed by atoms with Gasteiger partial charge >= 0.3 is 0 Å². The van der Waals surface area contributed by atoms with Crippen molar-refractivity contribution in [2.45, 2.75) is 37.8 Å². The van der Waals surface area contributed by atoms with E-state index in [0.717, 1.165) is 38.4 Å². The van der Waals surface area contributed by atoms with Crippen molar-refractivity contribution in [3.63, 3.8) is 0 Å². The van der Waals surface area contributed by atoms with E-state index in [2.05, 4.69) is 12.2 Å². The molecular weight excluding hydrogens is 284 g/mol. The molecule has 20 heavy (non-hydrogen) atoms. The third-order valence-electron chi connectivity index (χ3n) is 3.62. The number of alkyl halides is 2. The van der Waals surface area contributed by atoms with E-state index < -0.39 is 5.76 Å². The molecule has 1 aliphatic heterocycles. The molecule has 0 spiro atoms. The van der Waals surface area contributed by atoms with E-state index in [1.165, 1.54) is 0 Å². The van der Waals surface area contributed by atoms with Crippen molar-refractivity contribution < 1.29 is 17.9 Å². The molecule has 1 fully saturated rings. The van der Waals surface area contributed by atoms with Crippen molar-refractivity contribution >= 4 is 11.8 Å². The summed E-state index contributed by atoms with van der Waals surface area (Å²) >= 11 is 0.582. The van der Waals surface area contributed by atoms with E-state index >= 15 is 0 Å². The van der Waals surface area contributed by atoms with E-state index in [1.54, 1.807) is 6.07 Å². The van der Waals surface area contributed by atoms with Crippen LogP contribution < -0.4 is 5.32 Å². The van der Waals surface area contributed by atoms with Crippen LogP contribution >= 0.6 is 11.8 Å². The Balaban J connectivity index is 1.71. The summed E-state index contributed by atoms with van der Waals surface area (Å²) in [5.74, 6) is -0.739.